The van der Waals surface area contributed by atoms with Crippen LogP contribution in [-0.4, -0.2) is 10.2 Å². The molecule has 0 aliphatic rings. The summed E-state index contributed by atoms with van der Waals surface area (Å²) in [5.41, 5.74) is -0.0284. The maximum Gasteiger partial charge on any atom is 0.209 e. The Kier molecular flexibility index (Phi) is 2.87. The normalized spacial score (nSPS) is 9.79. The van der Waals surface area contributed by atoms with Gasteiger partial charge in [0, 0.05) is 12.0 Å². The number of halogens is 2. The molecular weight excluding hydrogens is 192 g/mol. The summed E-state index contributed by atoms with van der Waals surface area (Å²) in [5.74, 6) is -4.55. The highest BCUT2D eigenvalue weighted by Crippen LogP contribution is 2.31. The molecule has 0 amide bonds. The van der Waals surface area contributed by atoms with E-state index in [2.05, 4.69) is 0 Å². The second-order valence-corrected chi connectivity index (χ2v) is 2.69. The van der Waals surface area contributed by atoms with Crippen LogP contribution in [0.4, 0.5) is 8.78 Å². The number of rotatable bonds is 2. The summed E-state index contributed by atoms with van der Waals surface area (Å²) in [6.07, 6.45) is 0.0771. The third kappa shape index (κ3) is 1.74. The lowest BCUT2D eigenvalue weighted by Gasteiger charge is -2.05. The highest BCUT2D eigenvalue weighted by molar-refractivity contribution is 5.42. The van der Waals surface area contributed by atoms with Gasteiger partial charge >= 0.3 is 0 Å². The molecule has 5 heteroatoms. The number of aryl methyl sites for hydroxylation is 1. The Hall–Kier alpha value is -1.83. The molecule has 1 rings (SSSR count). The van der Waals surface area contributed by atoms with Gasteiger partial charge in [-0.25, -0.2) is 4.39 Å². The van der Waals surface area contributed by atoms with Crippen LogP contribution in [0.2, 0.25) is 0 Å². The summed E-state index contributed by atoms with van der Waals surface area (Å²) in [4.78, 5) is 0. The third-order valence-corrected chi connectivity index (χ3v) is 1.75. The average molecular weight is 199 g/mol. The highest BCUT2D eigenvalue weighted by Gasteiger charge is 2.16. The Morgan fingerprint density at radius 2 is 1.93 bits per heavy atom. The van der Waals surface area contributed by atoms with E-state index in [-0.39, 0.29) is 18.4 Å². The van der Waals surface area contributed by atoms with Gasteiger partial charge in [-0.15, -0.1) is 0 Å². The van der Waals surface area contributed by atoms with Gasteiger partial charge in [0.15, 0.2) is 17.3 Å². The first-order valence-electron chi connectivity index (χ1n) is 3.83. The van der Waals surface area contributed by atoms with Crippen LogP contribution in [0.15, 0.2) is 6.07 Å². The number of hydrogen-bond acceptors (Lipinski definition) is 3. The number of phenols is 2. The molecule has 0 saturated carbocycles. The molecule has 0 atom stereocenters. The van der Waals surface area contributed by atoms with Crippen molar-refractivity contribution in [1.29, 1.82) is 5.26 Å². The van der Waals surface area contributed by atoms with Gasteiger partial charge in [-0.3, -0.25) is 0 Å². The number of hydrogen-bond donors (Lipinski definition) is 2. The zero-order valence-electron chi connectivity index (χ0n) is 7.09. The fourth-order valence-electron chi connectivity index (χ4n) is 1.03. The number of nitriles is 1. The van der Waals surface area contributed by atoms with E-state index in [1.54, 1.807) is 6.07 Å². The number of benzene rings is 1. The second kappa shape index (κ2) is 3.92. The summed E-state index contributed by atoms with van der Waals surface area (Å²) < 4.78 is 25.6. The Morgan fingerprint density at radius 3 is 2.50 bits per heavy atom. The smallest absolute Gasteiger partial charge is 0.209 e. The van der Waals surface area contributed by atoms with E-state index in [1.807, 2.05) is 0 Å². The molecule has 1 aromatic rings. The topological polar surface area (TPSA) is 64.2 Å². The Balaban J connectivity index is 3.14. The molecular formula is C9H7F2NO2. The third-order valence-electron chi connectivity index (χ3n) is 1.75. The van der Waals surface area contributed by atoms with Crippen molar-refractivity contribution in [2.24, 2.45) is 0 Å². The van der Waals surface area contributed by atoms with E-state index in [0.717, 1.165) is 6.07 Å². The summed E-state index contributed by atoms with van der Waals surface area (Å²) in [5, 5.41) is 26.1. The summed E-state index contributed by atoms with van der Waals surface area (Å²) in [7, 11) is 0. The standard InChI is InChI=1S/C9H7F2NO2/c10-6-4-5(2-1-3-12)8(13)7(11)9(6)14/h4,13-14H,1-2H2. The van der Waals surface area contributed by atoms with Gasteiger partial charge in [-0.2, -0.15) is 9.65 Å². The van der Waals surface area contributed by atoms with E-state index < -0.39 is 23.1 Å². The van der Waals surface area contributed by atoms with Gasteiger partial charge in [0.05, 0.1) is 6.07 Å². The Labute approximate surface area is 78.8 Å². The van der Waals surface area contributed by atoms with Gasteiger partial charge in [0.1, 0.15) is 0 Å². The quantitative estimate of drug-likeness (QED) is 0.763. The van der Waals surface area contributed by atoms with Crippen LogP contribution in [-0.2, 0) is 6.42 Å². The lowest BCUT2D eigenvalue weighted by molar-refractivity contribution is 0.363. The van der Waals surface area contributed by atoms with Crippen LogP contribution in [0.3, 0.4) is 0 Å². The molecule has 14 heavy (non-hydrogen) atoms. The van der Waals surface area contributed by atoms with Gasteiger partial charge in [0.2, 0.25) is 5.82 Å². The second-order valence-electron chi connectivity index (χ2n) is 2.69. The van der Waals surface area contributed by atoms with E-state index >= 15 is 0 Å². The van der Waals surface area contributed by atoms with Crippen molar-refractivity contribution in [2.45, 2.75) is 12.8 Å². The average Bonchev–Trinajstić information content (AvgIpc) is 2.18. The zero-order chi connectivity index (χ0) is 10.7. The van der Waals surface area contributed by atoms with Crippen LogP contribution in [0, 0.1) is 23.0 Å². The number of aromatic hydroxyl groups is 2. The SMILES string of the molecule is N#CCCc1cc(F)c(O)c(F)c1O. The van der Waals surface area contributed by atoms with Gasteiger partial charge in [-0.05, 0) is 12.5 Å². The fourth-order valence-corrected chi connectivity index (χ4v) is 1.03. The first-order chi connectivity index (χ1) is 6.57. The summed E-state index contributed by atoms with van der Waals surface area (Å²) >= 11 is 0. The van der Waals surface area contributed by atoms with Crippen LogP contribution in [0.5, 0.6) is 11.5 Å². The van der Waals surface area contributed by atoms with Crippen LogP contribution >= 0.6 is 0 Å². The van der Waals surface area contributed by atoms with Gasteiger partial charge < -0.3 is 10.2 Å². The lowest BCUT2D eigenvalue weighted by Crippen LogP contribution is -1.92. The molecule has 0 heterocycles. The molecule has 0 fully saturated rings. The first-order valence-corrected chi connectivity index (χ1v) is 3.83. The number of nitrogens with zero attached hydrogens (tertiary/aromatic N) is 1. The molecule has 0 radical (unpaired) electrons. The van der Waals surface area contributed by atoms with Crippen molar-refractivity contribution < 1.29 is 19.0 Å². The molecule has 0 unspecified atom stereocenters. The summed E-state index contributed by atoms with van der Waals surface area (Å²) in [6.45, 7) is 0. The van der Waals surface area contributed by atoms with E-state index in [4.69, 9.17) is 15.5 Å². The van der Waals surface area contributed by atoms with Crippen molar-refractivity contribution in [3.05, 3.63) is 23.3 Å². The molecule has 2 N–H and O–H groups in total. The molecule has 1 aromatic carbocycles. The van der Waals surface area contributed by atoms with Crippen LogP contribution in [0.1, 0.15) is 12.0 Å². The van der Waals surface area contributed by atoms with Gasteiger partial charge in [0.25, 0.3) is 0 Å². The van der Waals surface area contributed by atoms with Crippen LogP contribution in [0.25, 0.3) is 0 Å². The molecule has 0 bridgehead atoms. The Bertz CT molecular complexity index is 399. The molecule has 0 saturated heterocycles. The van der Waals surface area contributed by atoms with Crippen molar-refractivity contribution in [1.82, 2.24) is 0 Å². The van der Waals surface area contributed by atoms with Gasteiger partial charge in [-0.1, -0.05) is 0 Å². The lowest BCUT2D eigenvalue weighted by atomic mass is 10.1. The van der Waals surface area contributed by atoms with Crippen molar-refractivity contribution in [3.8, 4) is 17.6 Å². The monoisotopic (exact) mass is 199 g/mol. The van der Waals surface area contributed by atoms with Crippen molar-refractivity contribution in [3.63, 3.8) is 0 Å². The maximum atomic E-state index is 12.9. The molecule has 74 valence electrons. The number of phenolic OH excluding ortho intramolecular Hbond substituents is 2. The van der Waals surface area contributed by atoms with Crippen molar-refractivity contribution in [2.75, 3.05) is 0 Å². The molecule has 0 spiro atoms. The van der Waals surface area contributed by atoms with Crippen LogP contribution < -0.4 is 0 Å². The zero-order valence-corrected chi connectivity index (χ0v) is 7.09. The maximum absolute atomic E-state index is 12.9. The molecule has 0 aliphatic carbocycles. The van der Waals surface area contributed by atoms with Crippen molar-refractivity contribution >= 4 is 0 Å². The minimum absolute atomic E-state index is 0.0284. The largest absolute Gasteiger partial charge is 0.505 e. The Morgan fingerprint density at radius 1 is 1.29 bits per heavy atom. The predicted octanol–water partition coefficient (Wildman–Crippen LogP) is 1.83. The first kappa shape index (κ1) is 10.3. The summed E-state index contributed by atoms with van der Waals surface area (Å²) in [6, 6.07) is 2.59. The highest BCUT2D eigenvalue weighted by atomic mass is 19.1. The minimum atomic E-state index is -1.39. The molecule has 3 nitrogen and oxygen atoms in total. The van der Waals surface area contributed by atoms with E-state index in [1.165, 1.54) is 0 Å². The van der Waals surface area contributed by atoms with E-state index in [9.17, 15) is 8.78 Å². The minimum Gasteiger partial charge on any atom is -0.505 e. The predicted molar refractivity (Wildman–Crippen MR) is 43.6 cm³/mol. The molecule has 0 aromatic heterocycles. The fraction of sp³-hybridized carbons (Fsp3) is 0.222. The van der Waals surface area contributed by atoms with E-state index in [0.29, 0.717) is 0 Å². The molecule has 0 aliphatic heterocycles.